The minimum atomic E-state index is -2.02. The summed E-state index contributed by atoms with van der Waals surface area (Å²) in [6.45, 7) is 5.59. The lowest BCUT2D eigenvalue weighted by Gasteiger charge is -2.48. The van der Waals surface area contributed by atoms with Gasteiger partial charge in [-0.15, -0.1) is 11.8 Å². The van der Waals surface area contributed by atoms with E-state index in [2.05, 4.69) is 5.32 Å². The third-order valence-corrected chi connectivity index (χ3v) is 4.72. The molecule has 0 aliphatic carbocycles. The predicted molar refractivity (Wildman–Crippen MR) is 75.6 cm³/mol. The van der Waals surface area contributed by atoms with Crippen molar-refractivity contribution in [1.82, 2.24) is 10.2 Å². The van der Waals surface area contributed by atoms with Crippen molar-refractivity contribution in [1.29, 1.82) is 0 Å². The summed E-state index contributed by atoms with van der Waals surface area (Å²) >= 11 is 1.41. The third kappa shape index (κ3) is 2.83. The van der Waals surface area contributed by atoms with Crippen LogP contribution in [0.15, 0.2) is 11.8 Å². The van der Waals surface area contributed by atoms with Crippen LogP contribution in [0.2, 0.25) is 19.6 Å². The summed E-state index contributed by atoms with van der Waals surface area (Å²) in [6.07, 6.45) is 0.882. The third-order valence-electron chi connectivity index (χ3n) is 2.74. The van der Waals surface area contributed by atoms with Crippen LogP contribution in [-0.2, 0) is 14.0 Å². The number of hydrogen-bond acceptors (Lipinski definition) is 5. The van der Waals surface area contributed by atoms with E-state index >= 15 is 0 Å². The highest BCUT2D eigenvalue weighted by atomic mass is 32.2. The maximum absolute atomic E-state index is 12.0. The van der Waals surface area contributed by atoms with Gasteiger partial charge in [-0.2, -0.15) is 0 Å². The zero-order valence-electron chi connectivity index (χ0n) is 11.4. The Morgan fingerprint density at radius 1 is 1.50 bits per heavy atom. The van der Waals surface area contributed by atoms with Gasteiger partial charge in [0.1, 0.15) is 17.1 Å². The smallest absolute Gasteiger partial charge is 0.394 e. The van der Waals surface area contributed by atoms with Crippen LogP contribution in [0.4, 0.5) is 4.79 Å². The number of carboxylic acid groups (broad SMARTS) is 1. The van der Waals surface area contributed by atoms with Gasteiger partial charge in [0.05, 0.1) is 0 Å². The largest absolute Gasteiger partial charge is 0.504 e. The number of aliphatic carboxylic acids is 1. The molecule has 2 aliphatic rings. The van der Waals surface area contributed by atoms with Gasteiger partial charge in [0.15, 0.2) is 0 Å². The highest BCUT2D eigenvalue weighted by Gasteiger charge is 2.53. The first-order chi connectivity index (χ1) is 9.20. The minimum absolute atomic E-state index is 0.0182. The van der Waals surface area contributed by atoms with Crippen LogP contribution in [0.25, 0.3) is 0 Å². The number of thioether (sulfide) groups is 1. The standard InChI is InChI=1S/C11H16N2O5SSi/c1-20(2,3)18-11(17)12-7-8(14)13-6(10(15)16)4-5-19-9(7)13/h4,7,9H,5H2,1-3H3,(H,12,17)(H,15,16)/t7?,9-/m0/s1. The fourth-order valence-electron chi connectivity index (χ4n) is 1.97. The second-order valence-electron chi connectivity index (χ2n) is 5.45. The fraction of sp³-hybridized carbons (Fsp3) is 0.545. The lowest BCUT2D eigenvalue weighted by atomic mass is 10.1. The summed E-state index contributed by atoms with van der Waals surface area (Å²) < 4.78 is 5.22. The molecule has 2 amide bonds. The molecule has 0 aromatic heterocycles. The number of carbonyl (C=O) groups excluding carboxylic acids is 2. The van der Waals surface area contributed by atoms with Gasteiger partial charge in [0.25, 0.3) is 5.91 Å². The van der Waals surface area contributed by atoms with Crippen LogP contribution >= 0.6 is 11.8 Å². The average Bonchev–Trinajstić information content (AvgIpc) is 2.32. The maximum atomic E-state index is 12.0. The van der Waals surface area contributed by atoms with Crippen LogP contribution in [0, 0.1) is 0 Å². The van der Waals surface area contributed by atoms with Crippen molar-refractivity contribution in [3.05, 3.63) is 11.8 Å². The molecule has 20 heavy (non-hydrogen) atoms. The Hall–Kier alpha value is -1.48. The van der Waals surface area contributed by atoms with Crippen LogP contribution in [0.1, 0.15) is 0 Å². The number of hydrogen-bond donors (Lipinski definition) is 2. The van der Waals surface area contributed by atoms with Gasteiger partial charge >= 0.3 is 12.1 Å². The van der Waals surface area contributed by atoms with Gasteiger partial charge < -0.3 is 14.8 Å². The summed E-state index contributed by atoms with van der Waals surface area (Å²) in [4.78, 5) is 35.9. The molecule has 2 N–H and O–H groups in total. The average molecular weight is 316 g/mol. The van der Waals surface area contributed by atoms with E-state index in [0.717, 1.165) is 0 Å². The predicted octanol–water partition coefficient (Wildman–Crippen LogP) is 0.800. The molecule has 0 aromatic rings. The highest BCUT2D eigenvalue weighted by molar-refractivity contribution is 8.00. The molecule has 2 rings (SSSR count). The first-order valence-electron chi connectivity index (χ1n) is 6.08. The second-order valence-corrected chi connectivity index (χ2v) is 11.0. The molecule has 0 aromatic carbocycles. The Bertz CT molecular complexity index is 502. The molecule has 7 nitrogen and oxygen atoms in total. The number of rotatable bonds is 3. The molecule has 2 aliphatic heterocycles. The lowest BCUT2D eigenvalue weighted by Crippen LogP contribution is -2.70. The van der Waals surface area contributed by atoms with Gasteiger partial charge in [0.2, 0.25) is 8.32 Å². The quantitative estimate of drug-likeness (QED) is 0.590. The Kier molecular flexibility index (Phi) is 3.83. The normalized spacial score (nSPS) is 25.2. The first-order valence-corrected chi connectivity index (χ1v) is 10.5. The van der Waals surface area contributed by atoms with E-state index in [1.807, 2.05) is 19.6 Å². The van der Waals surface area contributed by atoms with Gasteiger partial charge in [-0.25, -0.2) is 9.59 Å². The molecular formula is C11H16N2O5SSi. The Morgan fingerprint density at radius 3 is 2.70 bits per heavy atom. The summed E-state index contributed by atoms with van der Waals surface area (Å²) in [7, 11) is -2.02. The number of nitrogens with zero attached hydrogens (tertiary/aromatic N) is 1. The Balaban J connectivity index is 2.01. The van der Waals surface area contributed by atoms with Crippen molar-refractivity contribution in [2.45, 2.75) is 31.1 Å². The van der Waals surface area contributed by atoms with Crippen LogP contribution in [0.5, 0.6) is 0 Å². The summed E-state index contributed by atoms with van der Waals surface area (Å²) in [5, 5.41) is 11.2. The van der Waals surface area contributed by atoms with Crippen LogP contribution in [0.3, 0.4) is 0 Å². The van der Waals surface area contributed by atoms with E-state index in [9.17, 15) is 14.4 Å². The molecule has 9 heteroatoms. The van der Waals surface area contributed by atoms with Gasteiger partial charge in [-0.1, -0.05) is 0 Å². The molecule has 2 heterocycles. The van der Waals surface area contributed by atoms with Gasteiger partial charge in [-0.05, 0) is 25.7 Å². The van der Waals surface area contributed by atoms with E-state index in [0.29, 0.717) is 5.75 Å². The lowest BCUT2D eigenvalue weighted by molar-refractivity contribution is -0.148. The number of nitrogens with one attached hydrogen (secondary N) is 1. The number of fused-ring (bicyclic) bond motifs is 1. The summed E-state index contributed by atoms with van der Waals surface area (Å²) in [6, 6.07) is -0.716. The molecule has 2 atom stereocenters. The van der Waals surface area contributed by atoms with Crippen molar-refractivity contribution in [3.63, 3.8) is 0 Å². The van der Waals surface area contributed by atoms with Crippen LogP contribution in [-0.4, -0.2) is 53.5 Å². The van der Waals surface area contributed by atoms with Crippen molar-refractivity contribution < 1.29 is 23.9 Å². The second kappa shape index (κ2) is 5.13. The van der Waals surface area contributed by atoms with E-state index in [1.165, 1.54) is 22.7 Å². The van der Waals surface area contributed by atoms with Gasteiger partial charge in [-0.3, -0.25) is 9.69 Å². The molecule has 110 valence electrons. The number of carboxylic acids is 1. The zero-order chi connectivity index (χ0) is 15.1. The SMILES string of the molecule is C[Si](C)(C)OC(=O)NC1C(=O)N2C(C(=O)O)=CCS[C@@H]12. The molecule has 0 spiro atoms. The van der Waals surface area contributed by atoms with Crippen LogP contribution < -0.4 is 5.32 Å². The number of β-lactam (4-membered cyclic amide) rings is 1. The van der Waals surface area contributed by atoms with Crippen molar-refractivity contribution in [2.24, 2.45) is 0 Å². The molecule has 1 saturated heterocycles. The van der Waals surface area contributed by atoms with E-state index in [-0.39, 0.29) is 11.1 Å². The number of amides is 2. The first kappa shape index (κ1) is 14.9. The van der Waals surface area contributed by atoms with Crippen molar-refractivity contribution >= 4 is 38.0 Å². The molecular weight excluding hydrogens is 300 g/mol. The monoisotopic (exact) mass is 316 g/mol. The zero-order valence-corrected chi connectivity index (χ0v) is 13.2. The van der Waals surface area contributed by atoms with Crippen molar-refractivity contribution in [2.75, 3.05) is 5.75 Å². The molecule has 1 fully saturated rings. The summed E-state index contributed by atoms with van der Waals surface area (Å²) in [5.74, 6) is -1.05. The molecule has 0 bridgehead atoms. The molecule has 0 saturated carbocycles. The topological polar surface area (TPSA) is 95.9 Å². The number of carbonyl (C=O) groups is 3. The molecule has 1 unspecified atom stereocenters. The highest BCUT2D eigenvalue weighted by Crippen LogP contribution is 2.37. The van der Waals surface area contributed by atoms with E-state index < -0.39 is 32.3 Å². The maximum Gasteiger partial charge on any atom is 0.394 e. The minimum Gasteiger partial charge on any atom is -0.504 e. The van der Waals surface area contributed by atoms with Gasteiger partial charge in [0, 0.05) is 5.75 Å². The van der Waals surface area contributed by atoms with Crippen molar-refractivity contribution in [3.8, 4) is 0 Å². The molecule has 0 radical (unpaired) electrons. The summed E-state index contributed by atoms with van der Waals surface area (Å²) in [5.41, 5.74) is -0.0182. The Morgan fingerprint density at radius 2 is 2.15 bits per heavy atom. The fourth-order valence-corrected chi connectivity index (χ4v) is 3.78. The Labute approximate surface area is 121 Å². The van der Waals surface area contributed by atoms with E-state index in [4.69, 9.17) is 9.53 Å². The van der Waals surface area contributed by atoms with E-state index in [1.54, 1.807) is 0 Å².